The Bertz CT molecular complexity index is 631. The molecule has 2 aliphatic heterocycles. The van der Waals surface area contributed by atoms with Gasteiger partial charge in [0, 0.05) is 19.5 Å². The Morgan fingerprint density at radius 1 is 0.742 bits per heavy atom. The first-order valence-electron chi connectivity index (χ1n) is 11.6. The molecule has 0 amide bonds. The number of ether oxygens (including phenoxy) is 2. The van der Waals surface area contributed by atoms with Gasteiger partial charge in [-0.3, -0.25) is 9.59 Å². The molecule has 8 nitrogen and oxygen atoms in total. The second-order valence-corrected chi connectivity index (χ2v) is 8.68. The first kappa shape index (κ1) is 25.1. The number of nitriles is 2. The monoisotopic (exact) mass is 432 g/mol. The maximum atomic E-state index is 13.1. The van der Waals surface area contributed by atoms with Crippen LogP contribution in [0.4, 0.5) is 0 Å². The van der Waals surface area contributed by atoms with E-state index >= 15 is 0 Å². The van der Waals surface area contributed by atoms with Crippen molar-refractivity contribution in [3.63, 3.8) is 0 Å². The number of rotatable bonds is 10. The molecule has 2 atom stereocenters. The van der Waals surface area contributed by atoms with E-state index in [4.69, 9.17) is 9.47 Å². The highest BCUT2D eigenvalue weighted by molar-refractivity contribution is 5.85. The smallest absolute Gasteiger partial charge is 0.327 e. The topological polar surface area (TPSA) is 107 Å². The van der Waals surface area contributed by atoms with Crippen molar-refractivity contribution in [1.29, 1.82) is 10.5 Å². The molecule has 2 fully saturated rings. The molecule has 0 spiro atoms. The van der Waals surface area contributed by atoms with Gasteiger partial charge in [-0.05, 0) is 65.7 Å². The van der Waals surface area contributed by atoms with Crippen LogP contribution in [0.5, 0.6) is 0 Å². The molecule has 8 heteroatoms. The van der Waals surface area contributed by atoms with Gasteiger partial charge in [-0.2, -0.15) is 10.5 Å². The van der Waals surface area contributed by atoms with E-state index in [1.165, 1.54) is 0 Å². The Hall–Kier alpha value is -2.16. The molecule has 0 radical (unpaired) electrons. The maximum absolute atomic E-state index is 13.1. The Labute approximate surface area is 186 Å². The van der Waals surface area contributed by atoms with Gasteiger partial charge in [0.2, 0.25) is 0 Å². The lowest BCUT2D eigenvalue weighted by Crippen LogP contribution is -2.53. The lowest BCUT2D eigenvalue weighted by Gasteiger charge is -2.39. The molecule has 0 aromatic rings. The third-order valence-corrected chi connectivity index (χ3v) is 6.25. The molecule has 31 heavy (non-hydrogen) atoms. The lowest BCUT2D eigenvalue weighted by atomic mass is 9.71. The van der Waals surface area contributed by atoms with E-state index in [0.717, 1.165) is 64.7 Å². The number of carbonyl (C=O) groups excluding carboxylic acids is 2. The van der Waals surface area contributed by atoms with E-state index in [1.807, 2.05) is 0 Å². The molecule has 2 aliphatic rings. The molecule has 2 heterocycles. The number of piperidine rings is 2. The van der Waals surface area contributed by atoms with Crippen molar-refractivity contribution in [2.24, 2.45) is 10.8 Å². The molecular formula is C23H36N4O4. The fourth-order valence-electron chi connectivity index (χ4n) is 4.68. The molecule has 0 aromatic heterocycles. The molecule has 2 saturated heterocycles. The quantitative estimate of drug-likeness (QED) is 0.485. The summed E-state index contributed by atoms with van der Waals surface area (Å²) in [6, 6.07) is 4.36. The number of carbonyl (C=O) groups is 2. The number of hydrogen-bond acceptors (Lipinski definition) is 8. The summed E-state index contributed by atoms with van der Waals surface area (Å²) >= 11 is 0. The minimum atomic E-state index is -1.61. The average Bonchev–Trinajstić information content (AvgIpc) is 2.79. The summed E-state index contributed by atoms with van der Waals surface area (Å²) in [4.78, 5) is 30.3. The van der Waals surface area contributed by atoms with Crippen LogP contribution in [-0.2, 0) is 19.1 Å². The minimum Gasteiger partial charge on any atom is -0.465 e. The first-order valence-corrected chi connectivity index (χ1v) is 11.6. The van der Waals surface area contributed by atoms with E-state index in [9.17, 15) is 20.1 Å². The molecule has 2 rings (SSSR count). The number of esters is 2. The van der Waals surface area contributed by atoms with E-state index in [2.05, 4.69) is 21.9 Å². The zero-order chi connectivity index (χ0) is 22.7. The Balaban J connectivity index is 2.40. The maximum Gasteiger partial charge on any atom is 0.327 e. The predicted molar refractivity (Wildman–Crippen MR) is 115 cm³/mol. The fraction of sp³-hybridized carbons (Fsp3) is 0.826. The van der Waals surface area contributed by atoms with E-state index in [-0.39, 0.29) is 32.7 Å². The first-order chi connectivity index (χ1) is 14.9. The van der Waals surface area contributed by atoms with Gasteiger partial charge in [-0.25, -0.2) is 0 Å². The van der Waals surface area contributed by atoms with E-state index in [1.54, 1.807) is 13.8 Å². The van der Waals surface area contributed by atoms with Gasteiger partial charge in [-0.15, -0.1) is 0 Å². The Morgan fingerprint density at radius 2 is 1.10 bits per heavy atom. The fourth-order valence-corrected chi connectivity index (χ4v) is 4.68. The largest absolute Gasteiger partial charge is 0.465 e. The van der Waals surface area contributed by atoms with Crippen molar-refractivity contribution < 1.29 is 19.1 Å². The third-order valence-electron chi connectivity index (χ3n) is 6.25. The van der Waals surface area contributed by atoms with Crippen LogP contribution in [0.3, 0.4) is 0 Å². The van der Waals surface area contributed by atoms with Crippen LogP contribution in [0.25, 0.3) is 0 Å². The van der Waals surface area contributed by atoms with Gasteiger partial charge in [0.15, 0.2) is 10.8 Å². The van der Waals surface area contributed by atoms with Gasteiger partial charge in [-0.1, -0.05) is 12.8 Å². The van der Waals surface area contributed by atoms with Gasteiger partial charge in [0.05, 0.1) is 25.4 Å². The third kappa shape index (κ3) is 6.41. The van der Waals surface area contributed by atoms with Crippen molar-refractivity contribution in [3.05, 3.63) is 0 Å². The van der Waals surface area contributed by atoms with Crippen LogP contribution in [0.2, 0.25) is 0 Å². The number of hydrogen-bond donors (Lipinski definition) is 0. The van der Waals surface area contributed by atoms with Crippen LogP contribution in [-0.4, -0.2) is 74.2 Å². The van der Waals surface area contributed by atoms with Crippen LogP contribution in [0.15, 0.2) is 0 Å². The van der Waals surface area contributed by atoms with E-state index < -0.39 is 22.8 Å². The standard InChI is InChI=1S/C23H36N4O4/c1-3-30-20(28)22(16-24,18-26-11-7-5-8-12-26)15-23(17-25,21(29)31-4-2)19-27-13-9-6-10-14-27/h3-15,18-19H2,1-2H3/t22-,23-/m0/s1. The molecule has 0 bridgehead atoms. The van der Waals surface area contributed by atoms with Crippen LogP contribution in [0.1, 0.15) is 58.8 Å². The van der Waals surface area contributed by atoms with Crippen molar-refractivity contribution in [1.82, 2.24) is 9.80 Å². The minimum absolute atomic E-state index is 0.132. The van der Waals surface area contributed by atoms with Gasteiger partial charge < -0.3 is 19.3 Å². The molecule has 0 saturated carbocycles. The summed E-state index contributed by atoms with van der Waals surface area (Å²) in [5, 5.41) is 20.5. The Kier molecular flexibility index (Phi) is 9.74. The zero-order valence-electron chi connectivity index (χ0n) is 19.0. The van der Waals surface area contributed by atoms with Crippen LogP contribution >= 0.6 is 0 Å². The molecule has 0 N–H and O–H groups in total. The second-order valence-electron chi connectivity index (χ2n) is 8.68. The lowest BCUT2D eigenvalue weighted by molar-refractivity contribution is -0.161. The van der Waals surface area contributed by atoms with Gasteiger partial charge in [0.1, 0.15) is 0 Å². The summed E-state index contributed by atoms with van der Waals surface area (Å²) < 4.78 is 10.6. The number of likely N-dealkylation sites (tertiary alicyclic amines) is 2. The van der Waals surface area contributed by atoms with Gasteiger partial charge >= 0.3 is 11.9 Å². The summed E-state index contributed by atoms with van der Waals surface area (Å²) in [5.74, 6) is -1.32. The summed E-state index contributed by atoms with van der Waals surface area (Å²) in [6.45, 7) is 7.11. The molecular weight excluding hydrogens is 396 g/mol. The summed E-state index contributed by atoms with van der Waals surface area (Å²) in [5.41, 5.74) is -3.21. The van der Waals surface area contributed by atoms with Crippen molar-refractivity contribution in [2.45, 2.75) is 58.8 Å². The molecule has 0 unspecified atom stereocenters. The predicted octanol–water partition coefficient (Wildman–Crippen LogP) is 2.49. The Morgan fingerprint density at radius 3 is 1.39 bits per heavy atom. The van der Waals surface area contributed by atoms with Gasteiger partial charge in [0.25, 0.3) is 0 Å². The summed E-state index contributed by atoms with van der Waals surface area (Å²) in [6.07, 6.45) is 6.01. The average molecular weight is 433 g/mol. The highest BCUT2D eigenvalue weighted by Gasteiger charge is 2.54. The molecule has 0 aromatic carbocycles. The highest BCUT2D eigenvalue weighted by Crippen LogP contribution is 2.39. The van der Waals surface area contributed by atoms with Crippen LogP contribution in [0, 0.1) is 33.5 Å². The SMILES string of the molecule is CCOC(=O)[C@@](C#N)(CN1CCCCC1)C[C@](C#N)(CN1CCCCC1)C(=O)OCC. The number of nitrogens with zero attached hydrogens (tertiary/aromatic N) is 4. The van der Waals surface area contributed by atoms with Crippen molar-refractivity contribution in [3.8, 4) is 12.1 Å². The highest BCUT2D eigenvalue weighted by atomic mass is 16.5. The normalized spacial score (nSPS) is 21.7. The van der Waals surface area contributed by atoms with Crippen molar-refractivity contribution in [2.75, 3.05) is 52.5 Å². The second kappa shape index (κ2) is 12.0. The van der Waals surface area contributed by atoms with E-state index in [0.29, 0.717) is 0 Å². The molecule has 172 valence electrons. The zero-order valence-corrected chi connectivity index (χ0v) is 19.0. The summed E-state index contributed by atoms with van der Waals surface area (Å²) in [7, 11) is 0. The van der Waals surface area contributed by atoms with Crippen LogP contribution < -0.4 is 0 Å². The molecule has 0 aliphatic carbocycles. The van der Waals surface area contributed by atoms with Crippen molar-refractivity contribution >= 4 is 11.9 Å².